The minimum Gasteiger partial charge on any atom is -0.312 e. The first kappa shape index (κ1) is 20.2. The molecule has 2 aliphatic heterocycles. The molecule has 3 heterocycles. The molecule has 1 fully saturated rings. The summed E-state index contributed by atoms with van der Waals surface area (Å²) < 4.78 is 1.75. The van der Waals surface area contributed by atoms with E-state index in [4.69, 9.17) is 16.7 Å². The summed E-state index contributed by atoms with van der Waals surface area (Å²) in [6.45, 7) is 2.36. The molecule has 2 amide bonds. The number of rotatable bonds is 4. The van der Waals surface area contributed by atoms with Gasteiger partial charge in [-0.1, -0.05) is 29.8 Å². The van der Waals surface area contributed by atoms with E-state index in [1.54, 1.807) is 27.4 Å². The van der Waals surface area contributed by atoms with Gasteiger partial charge in [0.25, 0.3) is 0 Å². The molecule has 2 aromatic carbocycles. The number of halogens is 1. The van der Waals surface area contributed by atoms with Crippen LogP contribution in [0.25, 0.3) is 5.69 Å². The third-order valence-electron chi connectivity index (χ3n) is 5.66. The summed E-state index contributed by atoms with van der Waals surface area (Å²) in [6.07, 6.45) is 0.196. The summed E-state index contributed by atoms with van der Waals surface area (Å²) in [4.78, 5) is 27.5. The Balaban J connectivity index is 1.40. The Labute approximate surface area is 189 Å². The molecule has 6 nitrogen and oxygen atoms in total. The maximum absolute atomic E-state index is 13.2. The average Bonchev–Trinajstić information content (AvgIpc) is 3.44. The van der Waals surface area contributed by atoms with Crippen molar-refractivity contribution >= 4 is 46.7 Å². The largest absolute Gasteiger partial charge is 0.312 e. The summed E-state index contributed by atoms with van der Waals surface area (Å²) in [6, 6.07) is 15.2. The minimum absolute atomic E-state index is 0.0325. The lowest BCUT2D eigenvalue weighted by Crippen LogP contribution is -2.29. The molecule has 1 unspecified atom stereocenters. The van der Waals surface area contributed by atoms with E-state index in [-0.39, 0.29) is 18.2 Å². The van der Waals surface area contributed by atoms with E-state index < -0.39 is 5.92 Å². The third-order valence-corrected chi connectivity index (χ3v) is 6.86. The molecule has 0 bridgehead atoms. The molecule has 0 radical (unpaired) electrons. The molecule has 0 aliphatic carbocycles. The van der Waals surface area contributed by atoms with Gasteiger partial charge >= 0.3 is 0 Å². The van der Waals surface area contributed by atoms with E-state index >= 15 is 0 Å². The predicted molar refractivity (Wildman–Crippen MR) is 124 cm³/mol. The highest BCUT2D eigenvalue weighted by Gasteiger charge is 2.36. The molecule has 0 spiro atoms. The van der Waals surface area contributed by atoms with E-state index in [2.05, 4.69) is 5.32 Å². The number of fused-ring (bicyclic) bond motifs is 1. The molecule has 1 saturated heterocycles. The van der Waals surface area contributed by atoms with Crippen molar-refractivity contribution in [1.29, 1.82) is 0 Å². The molecule has 0 saturated carbocycles. The van der Waals surface area contributed by atoms with Gasteiger partial charge in [-0.3, -0.25) is 9.59 Å². The van der Waals surface area contributed by atoms with Crippen LogP contribution in [0.5, 0.6) is 0 Å². The standard InChI is InChI=1S/C23H21ClN4O2S/c1-14-4-2-6-17(8-14)27-11-15(9-21(27)29)23(30)25-22-19-12-31-13-20(19)26-28(22)18-7-3-5-16(24)10-18/h2-8,10,15H,9,11-13H2,1H3,(H,25,30). The van der Waals surface area contributed by atoms with Crippen LogP contribution in [-0.4, -0.2) is 28.1 Å². The number of amides is 2. The topological polar surface area (TPSA) is 67.2 Å². The van der Waals surface area contributed by atoms with Gasteiger partial charge in [-0.05, 0) is 42.8 Å². The normalized spacial score (nSPS) is 17.8. The van der Waals surface area contributed by atoms with Crippen LogP contribution < -0.4 is 10.2 Å². The van der Waals surface area contributed by atoms with Crippen LogP contribution in [0.3, 0.4) is 0 Å². The number of anilines is 2. The highest BCUT2D eigenvalue weighted by molar-refractivity contribution is 7.98. The number of benzene rings is 2. The fraction of sp³-hybridized carbons (Fsp3) is 0.261. The molecule has 31 heavy (non-hydrogen) atoms. The summed E-state index contributed by atoms with van der Waals surface area (Å²) >= 11 is 7.95. The van der Waals surface area contributed by atoms with E-state index in [9.17, 15) is 9.59 Å². The lowest BCUT2D eigenvalue weighted by Gasteiger charge is -2.17. The fourth-order valence-corrected chi connectivity index (χ4v) is 5.30. The van der Waals surface area contributed by atoms with Crippen molar-refractivity contribution in [2.45, 2.75) is 24.9 Å². The summed E-state index contributed by atoms with van der Waals surface area (Å²) in [5.74, 6) is 1.68. The molecular formula is C23H21ClN4O2S. The summed E-state index contributed by atoms with van der Waals surface area (Å²) in [7, 11) is 0. The molecule has 2 aliphatic rings. The quantitative estimate of drug-likeness (QED) is 0.629. The van der Waals surface area contributed by atoms with E-state index in [1.807, 2.05) is 49.4 Å². The number of hydrogen-bond donors (Lipinski definition) is 1. The zero-order chi connectivity index (χ0) is 21.5. The first-order chi connectivity index (χ1) is 15.0. The van der Waals surface area contributed by atoms with Crippen molar-refractivity contribution in [3.63, 3.8) is 0 Å². The maximum atomic E-state index is 13.2. The zero-order valence-electron chi connectivity index (χ0n) is 17.0. The molecule has 1 atom stereocenters. The Morgan fingerprint density at radius 1 is 1.16 bits per heavy atom. The maximum Gasteiger partial charge on any atom is 0.230 e. The van der Waals surface area contributed by atoms with Gasteiger partial charge in [0.15, 0.2) is 0 Å². The molecule has 1 N–H and O–H groups in total. The molecule has 5 rings (SSSR count). The number of nitrogens with zero attached hydrogens (tertiary/aromatic N) is 3. The smallest absolute Gasteiger partial charge is 0.230 e. The van der Waals surface area contributed by atoms with E-state index in [1.165, 1.54) is 0 Å². The van der Waals surface area contributed by atoms with Gasteiger partial charge in [0.05, 0.1) is 17.3 Å². The van der Waals surface area contributed by atoms with Crippen LogP contribution in [-0.2, 0) is 21.1 Å². The lowest BCUT2D eigenvalue weighted by atomic mass is 10.1. The van der Waals surface area contributed by atoms with Crippen LogP contribution in [0.1, 0.15) is 23.2 Å². The summed E-state index contributed by atoms with van der Waals surface area (Å²) in [5.41, 5.74) is 4.73. The molecule has 8 heteroatoms. The lowest BCUT2D eigenvalue weighted by molar-refractivity contribution is -0.122. The van der Waals surface area contributed by atoms with Gasteiger partial charge in [0, 0.05) is 40.7 Å². The van der Waals surface area contributed by atoms with Crippen LogP contribution in [0.4, 0.5) is 11.5 Å². The van der Waals surface area contributed by atoms with Crippen molar-refractivity contribution in [3.05, 3.63) is 70.4 Å². The number of thioether (sulfide) groups is 1. The number of aromatic nitrogens is 2. The number of carbonyl (C=O) groups excluding carboxylic acids is 2. The minimum atomic E-state index is -0.416. The van der Waals surface area contributed by atoms with Gasteiger partial charge < -0.3 is 10.2 Å². The Hall–Kier alpha value is -2.77. The average molecular weight is 453 g/mol. The molecule has 3 aromatic rings. The van der Waals surface area contributed by atoms with E-state index in [0.717, 1.165) is 39.7 Å². The van der Waals surface area contributed by atoms with Crippen LogP contribution in [0.2, 0.25) is 5.02 Å². The third kappa shape index (κ3) is 3.83. The zero-order valence-corrected chi connectivity index (χ0v) is 18.5. The van der Waals surface area contributed by atoms with Gasteiger partial charge in [-0.25, -0.2) is 4.68 Å². The summed E-state index contributed by atoms with van der Waals surface area (Å²) in [5, 5.41) is 8.40. The Morgan fingerprint density at radius 3 is 2.77 bits per heavy atom. The second-order valence-electron chi connectivity index (χ2n) is 7.89. The van der Waals surface area contributed by atoms with Crippen molar-refractivity contribution in [2.75, 3.05) is 16.8 Å². The van der Waals surface area contributed by atoms with Crippen molar-refractivity contribution in [2.24, 2.45) is 5.92 Å². The van der Waals surface area contributed by atoms with Crippen molar-refractivity contribution < 1.29 is 9.59 Å². The highest BCUT2D eigenvalue weighted by Crippen LogP contribution is 2.37. The van der Waals surface area contributed by atoms with Crippen LogP contribution in [0, 0.1) is 12.8 Å². The first-order valence-electron chi connectivity index (χ1n) is 10.1. The first-order valence-corrected chi connectivity index (χ1v) is 11.7. The SMILES string of the molecule is Cc1cccc(N2CC(C(=O)Nc3c4c(nn3-c3cccc(Cl)c3)CSC4)CC2=O)c1. The van der Waals surface area contributed by atoms with Crippen molar-refractivity contribution in [3.8, 4) is 5.69 Å². The second kappa shape index (κ2) is 8.05. The Kier molecular flexibility index (Phi) is 5.24. The molecule has 158 valence electrons. The number of hydrogen-bond acceptors (Lipinski definition) is 4. The highest BCUT2D eigenvalue weighted by atomic mass is 35.5. The number of aryl methyl sites for hydroxylation is 1. The number of nitrogens with one attached hydrogen (secondary N) is 1. The van der Waals surface area contributed by atoms with Gasteiger partial charge in [-0.2, -0.15) is 16.9 Å². The van der Waals surface area contributed by atoms with Gasteiger partial charge in [-0.15, -0.1) is 0 Å². The fourth-order valence-electron chi connectivity index (χ4n) is 4.08. The van der Waals surface area contributed by atoms with Crippen LogP contribution in [0.15, 0.2) is 48.5 Å². The molecular weight excluding hydrogens is 432 g/mol. The Morgan fingerprint density at radius 2 is 1.97 bits per heavy atom. The second-order valence-corrected chi connectivity index (χ2v) is 9.31. The predicted octanol–water partition coefficient (Wildman–Crippen LogP) is 4.57. The Bertz CT molecular complexity index is 1190. The monoisotopic (exact) mass is 452 g/mol. The van der Waals surface area contributed by atoms with E-state index in [0.29, 0.717) is 17.4 Å². The van der Waals surface area contributed by atoms with Gasteiger partial charge in [0.1, 0.15) is 5.82 Å². The van der Waals surface area contributed by atoms with Crippen molar-refractivity contribution in [1.82, 2.24) is 9.78 Å². The van der Waals surface area contributed by atoms with Crippen LogP contribution >= 0.6 is 23.4 Å². The number of carbonyl (C=O) groups is 2. The molecule has 1 aromatic heterocycles. The van der Waals surface area contributed by atoms with Gasteiger partial charge in [0.2, 0.25) is 11.8 Å².